The standard InChI is InChI=1S/C20H28N6O2/c1-16-4-3-5-17(14-16)19(27)22-7-8-23-20(21-2)26-11-9-25(10-12-26)15-18-6-13-28-24-18/h3-6,13-14H,7-12,15H2,1-2H3,(H,21,23)(H,22,27). The van der Waals surface area contributed by atoms with Crippen LogP contribution in [0, 0.1) is 6.92 Å². The molecule has 0 bridgehead atoms. The lowest BCUT2D eigenvalue weighted by Gasteiger charge is -2.36. The van der Waals surface area contributed by atoms with Crippen LogP contribution >= 0.6 is 0 Å². The Bertz CT molecular complexity index is 782. The number of guanidine groups is 1. The zero-order chi connectivity index (χ0) is 19.8. The van der Waals surface area contributed by atoms with Crippen molar-refractivity contribution < 1.29 is 9.32 Å². The van der Waals surface area contributed by atoms with Gasteiger partial charge < -0.3 is 20.1 Å². The fraction of sp³-hybridized carbons (Fsp3) is 0.450. The molecule has 8 heteroatoms. The lowest BCUT2D eigenvalue weighted by Crippen LogP contribution is -2.53. The van der Waals surface area contributed by atoms with E-state index in [0.717, 1.165) is 49.9 Å². The van der Waals surface area contributed by atoms with Crippen molar-refractivity contribution in [1.82, 2.24) is 25.6 Å². The van der Waals surface area contributed by atoms with Crippen molar-refractivity contribution >= 4 is 11.9 Å². The van der Waals surface area contributed by atoms with Crippen LogP contribution in [0.4, 0.5) is 0 Å². The van der Waals surface area contributed by atoms with Gasteiger partial charge in [-0.05, 0) is 19.1 Å². The maximum Gasteiger partial charge on any atom is 0.251 e. The molecule has 1 aliphatic rings. The molecule has 0 aliphatic carbocycles. The molecule has 0 unspecified atom stereocenters. The van der Waals surface area contributed by atoms with Gasteiger partial charge in [0.25, 0.3) is 5.91 Å². The Labute approximate surface area is 165 Å². The van der Waals surface area contributed by atoms with Crippen LogP contribution < -0.4 is 10.6 Å². The molecule has 2 heterocycles. The summed E-state index contributed by atoms with van der Waals surface area (Å²) in [5.41, 5.74) is 2.72. The van der Waals surface area contributed by atoms with Crippen molar-refractivity contribution in [2.45, 2.75) is 13.5 Å². The van der Waals surface area contributed by atoms with Crippen LogP contribution in [0.25, 0.3) is 0 Å². The van der Waals surface area contributed by atoms with Gasteiger partial charge in [-0.3, -0.25) is 14.7 Å². The van der Waals surface area contributed by atoms with E-state index < -0.39 is 0 Å². The summed E-state index contributed by atoms with van der Waals surface area (Å²) in [5.74, 6) is 0.813. The van der Waals surface area contributed by atoms with E-state index in [1.54, 1.807) is 13.3 Å². The van der Waals surface area contributed by atoms with Crippen molar-refractivity contribution in [3.63, 3.8) is 0 Å². The Morgan fingerprint density at radius 3 is 2.64 bits per heavy atom. The monoisotopic (exact) mass is 384 g/mol. The summed E-state index contributed by atoms with van der Waals surface area (Å²) in [6.45, 7) is 7.63. The Morgan fingerprint density at radius 2 is 1.96 bits per heavy atom. The van der Waals surface area contributed by atoms with Crippen LogP contribution in [0.5, 0.6) is 0 Å². The average molecular weight is 384 g/mol. The number of aliphatic imine (C=N–C) groups is 1. The second-order valence-corrected chi connectivity index (χ2v) is 6.85. The predicted molar refractivity (Wildman–Crippen MR) is 108 cm³/mol. The van der Waals surface area contributed by atoms with Crippen LogP contribution in [0.15, 0.2) is 46.1 Å². The Hall–Kier alpha value is -2.87. The quantitative estimate of drug-likeness (QED) is 0.441. The molecule has 8 nitrogen and oxygen atoms in total. The van der Waals surface area contributed by atoms with E-state index in [1.165, 1.54) is 0 Å². The van der Waals surface area contributed by atoms with Crippen LogP contribution in [-0.2, 0) is 6.54 Å². The summed E-state index contributed by atoms with van der Waals surface area (Å²) in [6, 6.07) is 9.49. The number of amides is 1. The summed E-state index contributed by atoms with van der Waals surface area (Å²) in [7, 11) is 1.79. The van der Waals surface area contributed by atoms with E-state index in [9.17, 15) is 4.79 Å². The number of aromatic nitrogens is 1. The largest absolute Gasteiger partial charge is 0.364 e. The SMILES string of the molecule is CN=C(NCCNC(=O)c1cccc(C)c1)N1CCN(Cc2ccon2)CC1. The molecule has 1 aliphatic heterocycles. The Morgan fingerprint density at radius 1 is 1.18 bits per heavy atom. The van der Waals surface area contributed by atoms with Gasteiger partial charge in [-0.15, -0.1) is 0 Å². The van der Waals surface area contributed by atoms with Gasteiger partial charge in [-0.2, -0.15) is 0 Å². The maximum atomic E-state index is 12.2. The van der Waals surface area contributed by atoms with Crippen molar-refractivity contribution in [2.75, 3.05) is 46.3 Å². The molecule has 2 aromatic rings. The second-order valence-electron chi connectivity index (χ2n) is 6.85. The molecule has 1 amide bonds. The zero-order valence-electron chi connectivity index (χ0n) is 16.5. The number of hydrogen-bond acceptors (Lipinski definition) is 5. The van der Waals surface area contributed by atoms with E-state index >= 15 is 0 Å². The normalized spacial score (nSPS) is 15.5. The van der Waals surface area contributed by atoms with Crippen molar-refractivity contribution in [2.24, 2.45) is 4.99 Å². The molecule has 0 spiro atoms. The lowest BCUT2D eigenvalue weighted by molar-refractivity contribution is 0.0954. The maximum absolute atomic E-state index is 12.2. The molecule has 2 N–H and O–H groups in total. The highest BCUT2D eigenvalue weighted by Crippen LogP contribution is 2.07. The van der Waals surface area contributed by atoms with Gasteiger partial charge in [0.2, 0.25) is 0 Å². The van der Waals surface area contributed by atoms with Crippen molar-refractivity contribution in [3.05, 3.63) is 53.4 Å². The molecular weight excluding hydrogens is 356 g/mol. The fourth-order valence-electron chi connectivity index (χ4n) is 3.24. The molecule has 0 radical (unpaired) electrons. The van der Waals surface area contributed by atoms with Crippen molar-refractivity contribution in [1.29, 1.82) is 0 Å². The molecule has 3 rings (SSSR count). The minimum atomic E-state index is -0.0537. The topological polar surface area (TPSA) is 86.0 Å². The first-order valence-electron chi connectivity index (χ1n) is 9.58. The number of carbonyl (C=O) groups is 1. The minimum Gasteiger partial charge on any atom is -0.364 e. The summed E-state index contributed by atoms with van der Waals surface area (Å²) in [6.07, 6.45) is 1.61. The number of benzene rings is 1. The Kier molecular flexibility index (Phi) is 7.02. The van der Waals surface area contributed by atoms with Gasteiger partial charge in [-0.1, -0.05) is 22.9 Å². The molecule has 1 fully saturated rings. The van der Waals surface area contributed by atoms with E-state index in [4.69, 9.17) is 4.52 Å². The number of rotatable bonds is 6. The lowest BCUT2D eigenvalue weighted by atomic mass is 10.1. The molecule has 1 aromatic carbocycles. The van der Waals surface area contributed by atoms with E-state index in [0.29, 0.717) is 18.7 Å². The molecule has 1 saturated heterocycles. The summed E-state index contributed by atoms with van der Waals surface area (Å²) in [4.78, 5) is 21.1. The van der Waals surface area contributed by atoms with Crippen LogP contribution in [-0.4, -0.2) is 73.1 Å². The number of nitrogens with one attached hydrogen (secondary N) is 2. The van der Waals surface area contributed by atoms with Gasteiger partial charge in [-0.25, -0.2) is 0 Å². The second kappa shape index (κ2) is 9.89. The summed E-state index contributed by atoms with van der Waals surface area (Å²) >= 11 is 0. The van der Waals surface area contributed by atoms with Gasteiger partial charge in [0.05, 0.1) is 5.69 Å². The predicted octanol–water partition coefficient (Wildman–Crippen LogP) is 1.11. The number of aryl methyl sites for hydroxylation is 1. The fourth-order valence-corrected chi connectivity index (χ4v) is 3.24. The number of carbonyl (C=O) groups excluding carboxylic acids is 1. The highest BCUT2D eigenvalue weighted by Gasteiger charge is 2.20. The van der Waals surface area contributed by atoms with Gasteiger partial charge >= 0.3 is 0 Å². The first kappa shape index (κ1) is 19.9. The Balaban J connectivity index is 1.37. The van der Waals surface area contributed by atoms with Crippen molar-refractivity contribution in [3.8, 4) is 0 Å². The molecule has 0 atom stereocenters. The van der Waals surface area contributed by atoms with E-state index in [2.05, 4.69) is 30.6 Å². The first-order valence-corrected chi connectivity index (χ1v) is 9.58. The van der Waals surface area contributed by atoms with Crippen LogP contribution in [0.2, 0.25) is 0 Å². The number of piperazine rings is 1. The zero-order valence-corrected chi connectivity index (χ0v) is 16.5. The molecule has 0 saturated carbocycles. The van der Waals surface area contributed by atoms with Gasteiger partial charge in [0.1, 0.15) is 6.26 Å². The van der Waals surface area contributed by atoms with E-state index in [-0.39, 0.29) is 5.91 Å². The first-order chi connectivity index (χ1) is 13.7. The van der Waals surface area contributed by atoms with Crippen LogP contribution in [0.1, 0.15) is 21.6 Å². The highest BCUT2D eigenvalue weighted by atomic mass is 16.5. The molecular formula is C20H28N6O2. The minimum absolute atomic E-state index is 0.0537. The van der Waals surface area contributed by atoms with E-state index in [1.807, 2.05) is 37.3 Å². The molecule has 150 valence electrons. The average Bonchev–Trinajstić information content (AvgIpc) is 3.22. The molecule has 28 heavy (non-hydrogen) atoms. The van der Waals surface area contributed by atoms with Gasteiger partial charge in [0, 0.05) is 64.5 Å². The molecule has 1 aromatic heterocycles. The summed E-state index contributed by atoms with van der Waals surface area (Å²) in [5, 5.41) is 10.2. The third-order valence-corrected chi connectivity index (χ3v) is 4.73. The highest BCUT2D eigenvalue weighted by molar-refractivity contribution is 5.94. The number of hydrogen-bond donors (Lipinski definition) is 2. The van der Waals surface area contributed by atoms with Gasteiger partial charge in [0.15, 0.2) is 5.96 Å². The smallest absolute Gasteiger partial charge is 0.251 e. The summed E-state index contributed by atoms with van der Waals surface area (Å²) < 4.78 is 4.89. The third-order valence-electron chi connectivity index (χ3n) is 4.73. The van der Waals surface area contributed by atoms with Crippen LogP contribution in [0.3, 0.4) is 0 Å². The number of nitrogens with zero attached hydrogens (tertiary/aromatic N) is 4. The third kappa shape index (κ3) is 5.56.